The summed E-state index contributed by atoms with van der Waals surface area (Å²) in [5.74, 6) is -1.29. The summed E-state index contributed by atoms with van der Waals surface area (Å²) in [6.07, 6.45) is -1.92. The van der Waals surface area contributed by atoms with E-state index in [-0.39, 0.29) is 0 Å². The number of nitrogens with one attached hydrogen (secondary N) is 1. The Hall–Kier alpha value is -2.12. The molecule has 1 aromatic rings. The Morgan fingerprint density at radius 1 is 1.24 bits per heavy atom. The molecule has 1 amide bonds. The lowest BCUT2D eigenvalue weighted by atomic mass is 10.0. The summed E-state index contributed by atoms with van der Waals surface area (Å²) in [7, 11) is 0. The van der Waals surface area contributed by atoms with Gasteiger partial charge in [0.15, 0.2) is 0 Å². The van der Waals surface area contributed by atoms with E-state index in [1.54, 1.807) is 20.8 Å². The average molecular weight is 296 g/mol. The minimum absolute atomic E-state index is 0.347. The SMILES string of the molecule is CC(C)(C)OC(=O)Nc1ccc(C(O)C(N)C(=O)O)cc1. The van der Waals surface area contributed by atoms with E-state index in [0.29, 0.717) is 11.3 Å². The van der Waals surface area contributed by atoms with Crippen LogP contribution in [0.3, 0.4) is 0 Å². The lowest BCUT2D eigenvalue weighted by molar-refractivity contribution is -0.141. The Balaban J connectivity index is 2.70. The first kappa shape index (κ1) is 16.9. The number of nitrogens with two attached hydrogens (primary N) is 1. The smallest absolute Gasteiger partial charge is 0.412 e. The van der Waals surface area contributed by atoms with Crippen molar-refractivity contribution in [3.8, 4) is 0 Å². The van der Waals surface area contributed by atoms with Crippen molar-refractivity contribution in [3.05, 3.63) is 29.8 Å². The summed E-state index contributed by atoms with van der Waals surface area (Å²) in [4.78, 5) is 22.3. The Bertz CT molecular complexity index is 507. The van der Waals surface area contributed by atoms with Crippen molar-refractivity contribution < 1.29 is 24.5 Å². The van der Waals surface area contributed by atoms with E-state index in [2.05, 4.69) is 5.32 Å². The number of carboxylic acids is 1. The van der Waals surface area contributed by atoms with Crippen molar-refractivity contribution in [2.24, 2.45) is 5.73 Å². The first-order valence-corrected chi connectivity index (χ1v) is 6.36. The van der Waals surface area contributed by atoms with E-state index in [4.69, 9.17) is 15.6 Å². The van der Waals surface area contributed by atoms with Crippen molar-refractivity contribution in [1.82, 2.24) is 0 Å². The molecule has 0 radical (unpaired) electrons. The zero-order chi connectivity index (χ0) is 16.2. The van der Waals surface area contributed by atoms with Crippen LogP contribution in [-0.2, 0) is 9.53 Å². The van der Waals surface area contributed by atoms with Crippen molar-refractivity contribution in [3.63, 3.8) is 0 Å². The summed E-state index contributed by atoms with van der Waals surface area (Å²) < 4.78 is 5.09. The van der Waals surface area contributed by atoms with Gasteiger partial charge in [-0.05, 0) is 38.5 Å². The van der Waals surface area contributed by atoms with E-state index in [0.717, 1.165) is 0 Å². The molecule has 2 unspecified atom stereocenters. The number of carboxylic acid groups (broad SMARTS) is 1. The second-order valence-electron chi connectivity index (χ2n) is 5.56. The molecule has 0 spiro atoms. The molecule has 0 aromatic heterocycles. The van der Waals surface area contributed by atoms with E-state index in [1.165, 1.54) is 24.3 Å². The Morgan fingerprint density at radius 3 is 2.19 bits per heavy atom. The van der Waals surface area contributed by atoms with Gasteiger partial charge in [0, 0.05) is 5.69 Å². The van der Waals surface area contributed by atoms with Crippen molar-refractivity contribution in [1.29, 1.82) is 0 Å². The number of ether oxygens (including phenoxy) is 1. The van der Waals surface area contributed by atoms with Gasteiger partial charge >= 0.3 is 12.1 Å². The highest BCUT2D eigenvalue weighted by molar-refractivity contribution is 5.84. The molecule has 0 fully saturated rings. The number of amides is 1. The number of hydrogen-bond acceptors (Lipinski definition) is 5. The zero-order valence-corrected chi connectivity index (χ0v) is 12.2. The van der Waals surface area contributed by atoms with E-state index >= 15 is 0 Å². The topological polar surface area (TPSA) is 122 Å². The van der Waals surface area contributed by atoms with Gasteiger partial charge in [-0.15, -0.1) is 0 Å². The fourth-order valence-electron chi connectivity index (χ4n) is 1.53. The lowest BCUT2D eigenvalue weighted by Gasteiger charge is -2.20. The van der Waals surface area contributed by atoms with Gasteiger partial charge in [0.05, 0.1) is 0 Å². The number of anilines is 1. The number of benzene rings is 1. The number of aliphatic carboxylic acids is 1. The largest absolute Gasteiger partial charge is 0.480 e. The van der Waals surface area contributed by atoms with Gasteiger partial charge in [-0.3, -0.25) is 10.1 Å². The molecule has 0 saturated heterocycles. The molecule has 5 N–H and O–H groups in total. The Labute approximate surface area is 122 Å². The van der Waals surface area contributed by atoms with Crippen LogP contribution in [0, 0.1) is 0 Å². The molecular weight excluding hydrogens is 276 g/mol. The normalized spacial score (nSPS) is 14.1. The number of carbonyl (C=O) groups is 2. The molecule has 0 aliphatic heterocycles. The van der Waals surface area contributed by atoms with Crippen LogP contribution in [-0.4, -0.2) is 33.9 Å². The zero-order valence-electron chi connectivity index (χ0n) is 12.2. The highest BCUT2D eigenvalue weighted by atomic mass is 16.6. The molecule has 0 aliphatic carbocycles. The minimum Gasteiger partial charge on any atom is -0.480 e. The van der Waals surface area contributed by atoms with E-state index < -0.39 is 29.8 Å². The summed E-state index contributed by atoms with van der Waals surface area (Å²) in [5, 5.41) is 21.0. The summed E-state index contributed by atoms with van der Waals surface area (Å²) in [6.45, 7) is 5.25. The standard InChI is InChI=1S/C14H20N2O5/c1-14(2,3)21-13(20)16-9-6-4-8(5-7-9)11(17)10(15)12(18)19/h4-7,10-11,17H,15H2,1-3H3,(H,16,20)(H,18,19). The number of aliphatic hydroxyl groups excluding tert-OH is 1. The molecule has 1 aromatic carbocycles. The third kappa shape index (κ3) is 5.41. The molecule has 116 valence electrons. The maximum absolute atomic E-state index is 11.6. The van der Waals surface area contributed by atoms with Crippen LogP contribution in [0.1, 0.15) is 32.4 Å². The fourth-order valence-corrected chi connectivity index (χ4v) is 1.53. The monoisotopic (exact) mass is 296 g/mol. The van der Waals surface area contributed by atoms with Crippen molar-refractivity contribution in [2.45, 2.75) is 38.5 Å². The van der Waals surface area contributed by atoms with Crippen molar-refractivity contribution >= 4 is 17.7 Å². The summed E-state index contributed by atoms with van der Waals surface area (Å²) in [6, 6.07) is 4.61. The third-order valence-corrected chi connectivity index (χ3v) is 2.52. The molecule has 0 heterocycles. The predicted octanol–water partition coefficient (Wildman–Crippen LogP) is 1.48. The molecule has 7 nitrogen and oxygen atoms in total. The number of aliphatic hydroxyl groups is 1. The van der Waals surface area contributed by atoms with Crippen LogP contribution >= 0.6 is 0 Å². The number of carbonyl (C=O) groups excluding carboxylic acids is 1. The number of rotatable bonds is 4. The molecule has 0 aliphatic rings. The molecule has 2 atom stereocenters. The fraction of sp³-hybridized carbons (Fsp3) is 0.429. The molecule has 0 bridgehead atoms. The van der Waals surface area contributed by atoms with Gasteiger partial charge in [0.1, 0.15) is 17.7 Å². The minimum atomic E-state index is -1.41. The van der Waals surface area contributed by atoms with E-state index in [9.17, 15) is 14.7 Å². The van der Waals surface area contributed by atoms with Gasteiger partial charge in [0.25, 0.3) is 0 Å². The maximum Gasteiger partial charge on any atom is 0.412 e. The van der Waals surface area contributed by atoms with Gasteiger partial charge in [-0.1, -0.05) is 12.1 Å². The van der Waals surface area contributed by atoms with Crippen LogP contribution in [0.25, 0.3) is 0 Å². The predicted molar refractivity (Wildman–Crippen MR) is 76.9 cm³/mol. The first-order valence-electron chi connectivity index (χ1n) is 6.36. The van der Waals surface area contributed by atoms with Gasteiger partial charge in [-0.25, -0.2) is 4.79 Å². The van der Waals surface area contributed by atoms with Crippen LogP contribution < -0.4 is 11.1 Å². The number of hydrogen-bond donors (Lipinski definition) is 4. The van der Waals surface area contributed by atoms with Gasteiger partial charge < -0.3 is 20.7 Å². The maximum atomic E-state index is 11.6. The Morgan fingerprint density at radius 2 is 1.76 bits per heavy atom. The molecule has 21 heavy (non-hydrogen) atoms. The summed E-state index contributed by atoms with van der Waals surface area (Å²) in [5.41, 5.74) is 5.55. The average Bonchev–Trinajstić information content (AvgIpc) is 2.35. The highest BCUT2D eigenvalue weighted by Gasteiger charge is 2.23. The second-order valence-corrected chi connectivity index (χ2v) is 5.56. The van der Waals surface area contributed by atoms with Crippen molar-refractivity contribution in [2.75, 3.05) is 5.32 Å². The summed E-state index contributed by atoms with van der Waals surface area (Å²) >= 11 is 0. The van der Waals surface area contributed by atoms with Gasteiger partial charge in [-0.2, -0.15) is 0 Å². The second kappa shape index (κ2) is 6.55. The quantitative estimate of drug-likeness (QED) is 0.667. The van der Waals surface area contributed by atoms with Gasteiger partial charge in [0.2, 0.25) is 0 Å². The molecule has 0 saturated carbocycles. The molecule has 1 rings (SSSR count). The van der Waals surface area contributed by atoms with Crippen LogP contribution in [0.2, 0.25) is 0 Å². The first-order chi connectivity index (χ1) is 9.60. The molecule has 7 heteroatoms. The lowest BCUT2D eigenvalue weighted by Crippen LogP contribution is -2.36. The third-order valence-electron chi connectivity index (χ3n) is 2.52. The van der Waals surface area contributed by atoms with Crippen LogP contribution in [0.15, 0.2) is 24.3 Å². The van der Waals surface area contributed by atoms with Crippen LogP contribution in [0.4, 0.5) is 10.5 Å². The molecular formula is C14H20N2O5. The Kier molecular flexibility index (Phi) is 5.28. The van der Waals surface area contributed by atoms with E-state index in [1.807, 2.05) is 0 Å². The highest BCUT2D eigenvalue weighted by Crippen LogP contribution is 2.19. The van der Waals surface area contributed by atoms with Crippen LogP contribution in [0.5, 0.6) is 0 Å².